The molecule has 0 spiro atoms. The Morgan fingerprint density at radius 1 is 1.03 bits per heavy atom. The highest BCUT2D eigenvalue weighted by molar-refractivity contribution is 7.89. The third-order valence-corrected chi connectivity index (χ3v) is 8.06. The predicted molar refractivity (Wildman–Crippen MR) is 122 cm³/mol. The van der Waals surface area contributed by atoms with Crippen molar-refractivity contribution in [2.45, 2.75) is 30.6 Å². The number of hydrogen-bond donors (Lipinski definition) is 1. The van der Waals surface area contributed by atoms with Gasteiger partial charge in [0.05, 0.1) is 5.02 Å². The highest BCUT2D eigenvalue weighted by atomic mass is 35.5. The van der Waals surface area contributed by atoms with E-state index < -0.39 is 15.9 Å². The van der Waals surface area contributed by atoms with Crippen LogP contribution in [0, 0.1) is 0 Å². The molecule has 1 fully saturated rings. The summed E-state index contributed by atoms with van der Waals surface area (Å²) in [4.78, 5) is 12.7. The van der Waals surface area contributed by atoms with Crippen LogP contribution in [-0.2, 0) is 10.0 Å². The number of nitrogens with zero attached hydrogens (tertiary/aromatic N) is 3. The van der Waals surface area contributed by atoms with E-state index >= 15 is 0 Å². The number of benzene rings is 2. The quantitative estimate of drug-likeness (QED) is 0.577. The number of carbonyl (C=O) groups excluding carboxylic acids is 1. The standard InChI is InChI=1S/C21H21ClN4O3S2/c22-18-10-7-16(13-20(18)31(28,29)26-11-3-1-2-4-12-26)21(27)23-17-8-5-15(6-9-17)19-14-30-25-24-19/h5-10,13-14H,1-4,11-12H2,(H,23,27). The molecule has 1 aromatic heterocycles. The molecule has 3 aromatic rings. The fourth-order valence-corrected chi connectivity index (χ4v) is 5.96. The van der Waals surface area contributed by atoms with E-state index in [1.54, 1.807) is 12.1 Å². The van der Waals surface area contributed by atoms with Crippen LogP contribution in [0.25, 0.3) is 11.3 Å². The van der Waals surface area contributed by atoms with Gasteiger partial charge in [0.2, 0.25) is 10.0 Å². The molecule has 31 heavy (non-hydrogen) atoms. The first-order chi connectivity index (χ1) is 14.9. The number of nitrogens with one attached hydrogen (secondary N) is 1. The molecule has 0 atom stereocenters. The Morgan fingerprint density at radius 2 is 1.74 bits per heavy atom. The topological polar surface area (TPSA) is 92.3 Å². The second kappa shape index (κ2) is 9.44. The summed E-state index contributed by atoms with van der Waals surface area (Å²) in [6.07, 6.45) is 3.67. The molecule has 1 N–H and O–H groups in total. The molecule has 0 radical (unpaired) electrons. The van der Waals surface area contributed by atoms with Gasteiger partial charge >= 0.3 is 0 Å². The minimum Gasteiger partial charge on any atom is -0.322 e. The molecule has 1 saturated heterocycles. The van der Waals surface area contributed by atoms with Crippen molar-refractivity contribution in [3.05, 3.63) is 58.4 Å². The number of rotatable bonds is 5. The van der Waals surface area contributed by atoms with Crippen molar-refractivity contribution in [2.24, 2.45) is 0 Å². The third-order valence-electron chi connectivity index (χ3n) is 5.17. The minimum atomic E-state index is -3.77. The zero-order valence-corrected chi connectivity index (χ0v) is 19.0. The lowest BCUT2D eigenvalue weighted by atomic mass is 10.1. The molecule has 0 saturated carbocycles. The Balaban J connectivity index is 1.54. The van der Waals surface area contributed by atoms with Crippen molar-refractivity contribution in [1.29, 1.82) is 0 Å². The molecule has 1 aliphatic rings. The maximum atomic E-state index is 13.1. The molecule has 2 aromatic carbocycles. The molecule has 0 unspecified atom stereocenters. The monoisotopic (exact) mass is 476 g/mol. The van der Waals surface area contributed by atoms with Crippen molar-refractivity contribution < 1.29 is 13.2 Å². The number of hydrogen-bond acceptors (Lipinski definition) is 6. The van der Waals surface area contributed by atoms with Gasteiger partial charge in [-0.05, 0) is 54.7 Å². The third kappa shape index (κ3) is 4.95. The number of carbonyl (C=O) groups is 1. The molecule has 1 amide bonds. The Hall–Kier alpha value is -2.33. The number of sulfonamides is 1. The summed E-state index contributed by atoms with van der Waals surface area (Å²) >= 11 is 7.49. The summed E-state index contributed by atoms with van der Waals surface area (Å²) < 4.78 is 31.6. The Bertz CT molecular complexity index is 1160. The average molecular weight is 477 g/mol. The summed E-state index contributed by atoms with van der Waals surface area (Å²) in [5, 5.41) is 8.77. The molecule has 0 aliphatic carbocycles. The van der Waals surface area contributed by atoms with Gasteiger partial charge in [0.25, 0.3) is 5.91 Å². The summed E-state index contributed by atoms with van der Waals surface area (Å²) in [6.45, 7) is 0.936. The molecule has 7 nitrogen and oxygen atoms in total. The normalized spacial score (nSPS) is 15.4. The van der Waals surface area contributed by atoms with E-state index in [0.29, 0.717) is 18.8 Å². The van der Waals surface area contributed by atoms with Crippen molar-refractivity contribution in [3.63, 3.8) is 0 Å². The van der Waals surface area contributed by atoms with Crippen molar-refractivity contribution in [3.8, 4) is 11.3 Å². The maximum absolute atomic E-state index is 13.1. The van der Waals surface area contributed by atoms with Gasteiger partial charge < -0.3 is 5.32 Å². The zero-order valence-electron chi connectivity index (χ0n) is 16.6. The molecule has 4 rings (SSSR count). The molecular formula is C21H21ClN4O3S2. The highest BCUT2D eigenvalue weighted by Crippen LogP contribution is 2.28. The SMILES string of the molecule is O=C(Nc1ccc(-c2csnn2)cc1)c1ccc(Cl)c(S(=O)(=O)N2CCCCCC2)c1. The van der Waals surface area contributed by atoms with E-state index in [-0.39, 0.29) is 15.5 Å². The van der Waals surface area contributed by atoms with Gasteiger partial charge in [-0.2, -0.15) is 4.31 Å². The smallest absolute Gasteiger partial charge is 0.255 e. The molecule has 10 heteroatoms. The Morgan fingerprint density at radius 3 is 2.39 bits per heavy atom. The fraction of sp³-hybridized carbons (Fsp3) is 0.286. The van der Waals surface area contributed by atoms with Gasteiger partial charge in [-0.15, -0.1) is 5.10 Å². The van der Waals surface area contributed by atoms with Crippen molar-refractivity contribution in [2.75, 3.05) is 18.4 Å². The summed E-state index contributed by atoms with van der Waals surface area (Å²) in [6, 6.07) is 11.5. The van der Waals surface area contributed by atoms with Gasteiger partial charge in [-0.3, -0.25) is 4.79 Å². The maximum Gasteiger partial charge on any atom is 0.255 e. The summed E-state index contributed by atoms with van der Waals surface area (Å²) in [5.74, 6) is -0.410. The number of anilines is 1. The van der Waals surface area contributed by atoms with Crippen LogP contribution >= 0.6 is 23.1 Å². The molecule has 162 valence electrons. The van der Waals surface area contributed by atoms with Crippen LogP contribution in [0.15, 0.2) is 52.7 Å². The second-order valence-electron chi connectivity index (χ2n) is 7.29. The van der Waals surface area contributed by atoms with E-state index in [0.717, 1.165) is 36.9 Å². The zero-order chi connectivity index (χ0) is 21.8. The van der Waals surface area contributed by atoms with E-state index in [2.05, 4.69) is 14.9 Å². The van der Waals surface area contributed by atoms with E-state index in [1.807, 2.05) is 17.5 Å². The lowest BCUT2D eigenvalue weighted by Crippen LogP contribution is -2.32. The van der Waals surface area contributed by atoms with Gasteiger partial charge in [-0.1, -0.05) is 41.1 Å². The average Bonchev–Trinajstić information content (AvgIpc) is 3.16. The van der Waals surface area contributed by atoms with Crippen molar-refractivity contribution >= 4 is 44.8 Å². The van der Waals surface area contributed by atoms with Crippen LogP contribution < -0.4 is 5.32 Å². The second-order valence-corrected chi connectivity index (χ2v) is 10.2. The van der Waals surface area contributed by atoms with Crippen LogP contribution in [0.5, 0.6) is 0 Å². The van der Waals surface area contributed by atoms with Gasteiger partial charge in [0, 0.05) is 35.3 Å². The van der Waals surface area contributed by atoms with Gasteiger partial charge in [-0.25, -0.2) is 8.42 Å². The van der Waals surface area contributed by atoms with E-state index in [1.165, 1.54) is 34.0 Å². The van der Waals surface area contributed by atoms with Crippen LogP contribution in [0.1, 0.15) is 36.0 Å². The molecule has 0 bridgehead atoms. The van der Waals surface area contributed by atoms with Crippen molar-refractivity contribution in [1.82, 2.24) is 13.9 Å². The lowest BCUT2D eigenvalue weighted by molar-refractivity contribution is 0.102. The molecule has 1 aliphatic heterocycles. The Labute approximate surface area is 190 Å². The highest BCUT2D eigenvalue weighted by Gasteiger charge is 2.28. The fourth-order valence-electron chi connectivity index (χ4n) is 3.48. The Kier molecular flexibility index (Phi) is 6.66. The van der Waals surface area contributed by atoms with Crippen LogP contribution in [0.3, 0.4) is 0 Å². The molecular weight excluding hydrogens is 456 g/mol. The number of halogens is 1. The summed E-state index contributed by atoms with van der Waals surface area (Å²) in [7, 11) is -3.77. The van der Waals surface area contributed by atoms with Gasteiger partial charge in [0.1, 0.15) is 10.6 Å². The first-order valence-corrected chi connectivity index (χ1v) is 12.6. The van der Waals surface area contributed by atoms with E-state index in [9.17, 15) is 13.2 Å². The minimum absolute atomic E-state index is 0.0323. The predicted octanol–water partition coefficient (Wildman–Crippen LogP) is 4.68. The number of aromatic nitrogens is 2. The largest absolute Gasteiger partial charge is 0.322 e. The van der Waals surface area contributed by atoms with E-state index in [4.69, 9.17) is 11.6 Å². The van der Waals surface area contributed by atoms with Crippen LogP contribution in [0.4, 0.5) is 5.69 Å². The number of amides is 1. The summed E-state index contributed by atoms with van der Waals surface area (Å²) in [5.41, 5.74) is 2.47. The van der Waals surface area contributed by atoms with Gasteiger partial charge in [0.15, 0.2) is 0 Å². The lowest BCUT2D eigenvalue weighted by Gasteiger charge is -2.21. The first-order valence-electron chi connectivity index (χ1n) is 9.94. The molecule has 2 heterocycles. The van der Waals surface area contributed by atoms with Crippen LogP contribution in [-0.4, -0.2) is 41.3 Å². The first kappa shape index (κ1) is 21.9. The van der Waals surface area contributed by atoms with Crippen LogP contribution in [0.2, 0.25) is 5.02 Å².